The minimum Gasteiger partial charge on any atom is -0.366 e. The van der Waals surface area contributed by atoms with Gasteiger partial charge in [0.25, 0.3) is 0 Å². The van der Waals surface area contributed by atoms with Crippen molar-refractivity contribution in [2.75, 3.05) is 38.1 Å². The molecule has 0 aliphatic carbocycles. The third-order valence-corrected chi connectivity index (χ3v) is 3.97. The second-order valence-corrected chi connectivity index (χ2v) is 5.40. The first kappa shape index (κ1) is 12.6. The number of rotatable bonds is 2. The van der Waals surface area contributed by atoms with E-state index in [2.05, 4.69) is 39.9 Å². The van der Waals surface area contributed by atoms with Crippen molar-refractivity contribution in [1.29, 1.82) is 0 Å². The maximum absolute atomic E-state index is 6.45. The second-order valence-electron chi connectivity index (χ2n) is 4.99. The number of halogens is 1. The van der Waals surface area contributed by atoms with E-state index in [0.29, 0.717) is 0 Å². The second kappa shape index (κ2) is 5.27. The van der Waals surface area contributed by atoms with Gasteiger partial charge in [-0.2, -0.15) is 0 Å². The van der Waals surface area contributed by atoms with Crippen molar-refractivity contribution in [3.63, 3.8) is 0 Å². The summed E-state index contributed by atoms with van der Waals surface area (Å²) in [6, 6.07) is 10.2. The van der Waals surface area contributed by atoms with Gasteiger partial charge in [0.1, 0.15) is 0 Å². The average Bonchev–Trinajstić information content (AvgIpc) is 2.94. The molecule has 2 aromatic rings. The Morgan fingerprint density at radius 3 is 2.32 bits per heavy atom. The fraction of sp³-hybridized carbons (Fsp3) is 0.333. The molecule has 0 atom stereocenters. The van der Waals surface area contributed by atoms with Crippen LogP contribution in [0.15, 0.2) is 42.7 Å². The number of likely N-dealkylation sites (N-methyl/N-ethyl adjacent to an activating group) is 1. The van der Waals surface area contributed by atoms with Gasteiger partial charge in [0.15, 0.2) is 0 Å². The molecule has 1 aromatic carbocycles. The molecule has 4 heteroatoms. The Morgan fingerprint density at radius 1 is 0.947 bits per heavy atom. The van der Waals surface area contributed by atoms with E-state index in [1.807, 2.05) is 24.3 Å². The van der Waals surface area contributed by atoms with Gasteiger partial charge in [-0.25, -0.2) is 0 Å². The highest BCUT2D eigenvalue weighted by atomic mass is 35.5. The van der Waals surface area contributed by atoms with E-state index in [1.165, 1.54) is 0 Å². The third kappa shape index (κ3) is 2.48. The summed E-state index contributed by atoms with van der Waals surface area (Å²) < 4.78 is 2.12. The SMILES string of the molecule is CN1CCN(c2c(Cl)cccc2-n2cccc2)CC1. The number of para-hydroxylation sites is 1. The molecule has 0 unspecified atom stereocenters. The molecular formula is C15H18ClN3. The van der Waals surface area contributed by atoms with Gasteiger partial charge in [0.2, 0.25) is 0 Å². The Balaban J connectivity index is 2.00. The molecule has 19 heavy (non-hydrogen) atoms. The predicted molar refractivity (Wildman–Crippen MR) is 80.5 cm³/mol. The summed E-state index contributed by atoms with van der Waals surface area (Å²) in [5.41, 5.74) is 2.30. The predicted octanol–water partition coefficient (Wildman–Crippen LogP) is 2.88. The molecule has 0 bridgehead atoms. The standard InChI is InChI=1S/C15H18ClN3/c1-17-9-11-19(12-10-17)15-13(16)5-4-6-14(15)18-7-2-3-8-18/h2-8H,9-12H2,1H3. The van der Waals surface area contributed by atoms with E-state index in [4.69, 9.17) is 11.6 Å². The lowest BCUT2D eigenvalue weighted by atomic mass is 10.2. The van der Waals surface area contributed by atoms with Gasteiger partial charge in [-0.15, -0.1) is 0 Å². The highest BCUT2D eigenvalue weighted by Crippen LogP contribution is 2.33. The monoisotopic (exact) mass is 275 g/mol. The number of nitrogens with zero attached hydrogens (tertiary/aromatic N) is 3. The van der Waals surface area contributed by atoms with Crippen molar-refractivity contribution < 1.29 is 0 Å². The number of piperazine rings is 1. The van der Waals surface area contributed by atoms with Crippen molar-refractivity contribution in [2.24, 2.45) is 0 Å². The minimum absolute atomic E-state index is 0.829. The van der Waals surface area contributed by atoms with Crippen LogP contribution in [-0.2, 0) is 0 Å². The summed E-state index contributed by atoms with van der Waals surface area (Å²) >= 11 is 6.45. The van der Waals surface area contributed by atoms with Crippen molar-refractivity contribution in [3.8, 4) is 5.69 Å². The molecule has 1 aromatic heterocycles. The summed E-state index contributed by atoms with van der Waals surface area (Å²) in [6.45, 7) is 4.20. The van der Waals surface area contributed by atoms with Crippen LogP contribution in [0.5, 0.6) is 0 Å². The Kier molecular flexibility index (Phi) is 3.49. The highest BCUT2D eigenvalue weighted by Gasteiger charge is 2.19. The fourth-order valence-electron chi connectivity index (χ4n) is 2.55. The molecule has 1 aliphatic rings. The molecule has 2 heterocycles. The lowest BCUT2D eigenvalue weighted by Gasteiger charge is -2.35. The minimum atomic E-state index is 0.829. The Hall–Kier alpha value is -1.45. The summed E-state index contributed by atoms with van der Waals surface area (Å²) in [7, 11) is 2.16. The first-order chi connectivity index (χ1) is 9.25. The van der Waals surface area contributed by atoms with Crippen molar-refractivity contribution in [3.05, 3.63) is 47.7 Å². The maximum Gasteiger partial charge on any atom is 0.0801 e. The Labute approximate surface area is 119 Å². The number of anilines is 1. The van der Waals surface area contributed by atoms with Crippen LogP contribution in [0.1, 0.15) is 0 Å². The van der Waals surface area contributed by atoms with Gasteiger partial charge in [0.05, 0.1) is 16.4 Å². The summed E-state index contributed by atoms with van der Waals surface area (Å²) in [6.07, 6.45) is 4.12. The highest BCUT2D eigenvalue weighted by molar-refractivity contribution is 6.33. The van der Waals surface area contributed by atoms with E-state index in [1.54, 1.807) is 0 Å². The van der Waals surface area contributed by atoms with Crippen LogP contribution in [0, 0.1) is 0 Å². The molecule has 1 fully saturated rings. The normalized spacial score (nSPS) is 16.8. The number of hydrogen-bond acceptors (Lipinski definition) is 2. The smallest absolute Gasteiger partial charge is 0.0801 e. The lowest BCUT2D eigenvalue weighted by molar-refractivity contribution is 0.313. The summed E-state index contributed by atoms with van der Waals surface area (Å²) in [5.74, 6) is 0. The number of aromatic nitrogens is 1. The van der Waals surface area contributed by atoms with E-state index in [0.717, 1.165) is 42.6 Å². The van der Waals surface area contributed by atoms with E-state index in [9.17, 15) is 0 Å². The molecule has 3 rings (SSSR count). The zero-order valence-electron chi connectivity index (χ0n) is 11.1. The molecule has 3 nitrogen and oxygen atoms in total. The quantitative estimate of drug-likeness (QED) is 0.835. The molecule has 0 amide bonds. The molecule has 1 aliphatic heterocycles. The van der Waals surface area contributed by atoms with Crippen LogP contribution < -0.4 is 4.90 Å². The zero-order valence-corrected chi connectivity index (χ0v) is 11.8. The molecule has 100 valence electrons. The Bertz CT molecular complexity index is 543. The van der Waals surface area contributed by atoms with Crippen LogP contribution in [0.25, 0.3) is 5.69 Å². The number of benzene rings is 1. The van der Waals surface area contributed by atoms with Gasteiger partial charge >= 0.3 is 0 Å². The summed E-state index contributed by atoms with van der Waals surface area (Å²) in [5, 5.41) is 0.829. The van der Waals surface area contributed by atoms with Gasteiger partial charge in [0, 0.05) is 38.6 Å². The van der Waals surface area contributed by atoms with Crippen LogP contribution in [-0.4, -0.2) is 42.7 Å². The van der Waals surface area contributed by atoms with E-state index >= 15 is 0 Å². The molecular weight excluding hydrogens is 258 g/mol. The van der Waals surface area contributed by atoms with Crippen LogP contribution in [0.2, 0.25) is 5.02 Å². The van der Waals surface area contributed by atoms with E-state index in [-0.39, 0.29) is 0 Å². The first-order valence-electron chi connectivity index (χ1n) is 6.61. The van der Waals surface area contributed by atoms with Crippen LogP contribution >= 0.6 is 11.6 Å². The molecule has 0 radical (unpaired) electrons. The summed E-state index contributed by atoms with van der Waals surface area (Å²) in [4.78, 5) is 4.74. The lowest BCUT2D eigenvalue weighted by Crippen LogP contribution is -2.44. The van der Waals surface area contributed by atoms with Crippen LogP contribution in [0.3, 0.4) is 0 Å². The Morgan fingerprint density at radius 2 is 1.63 bits per heavy atom. The third-order valence-electron chi connectivity index (χ3n) is 3.67. The van der Waals surface area contributed by atoms with Gasteiger partial charge in [-0.3, -0.25) is 0 Å². The van der Waals surface area contributed by atoms with Gasteiger partial charge in [-0.05, 0) is 31.3 Å². The maximum atomic E-state index is 6.45. The molecule has 0 N–H and O–H groups in total. The molecule has 0 saturated carbocycles. The zero-order chi connectivity index (χ0) is 13.2. The fourth-order valence-corrected chi connectivity index (χ4v) is 2.84. The topological polar surface area (TPSA) is 11.4 Å². The van der Waals surface area contributed by atoms with Crippen molar-refractivity contribution in [1.82, 2.24) is 9.47 Å². The number of hydrogen-bond donors (Lipinski definition) is 0. The van der Waals surface area contributed by atoms with Crippen molar-refractivity contribution in [2.45, 2.75) is 0 Å². The van der Waals surface area contributed by atoms with E-state index < -0.39 is 0 Å². The average molecular weight is 276 g/mol. The van der Waals surface area contributed by atoms with Gasteiger partial charge in [-0.1, -0.05) is 17.7 Å². The van der Waals surface area contributed by atoms with Gasteiger partial charge < -0.3 is 14.4 Å². The first-order valence-corrected chi connectivity index (χ1v) is 6.99. The van der Waals surface area contributed by atoms with Crippen LogP contribution in [0.4, 0.5) is 5.69 Å². The molecule has 0 spiro atoms. The van der Waals surface area contributed by atoms with Crippen molar-refractivity contribution >= 4 is 17.3 Å². The largest absolute Gasteiger partial charge is 0.366 e. The molecule has 1 saturated heterocycles.